The third kappa shape index (κ3) is 3.38. The number of likely N-dealkylation sites (N-methyl/N-ethyl adjacent to an activating group) is 1. The highest BCUT2D eigenvalue weighted by Crippen LogP contribution is 2.29. The van der Waals surface area contributed by atoms with Crippen molar-refractivity contribution in [2.24, 2.45) is 5.73 Å². The van der Waals surface area contributed by atoms with Gasteiger partial charge >= 0.3 is 0 Å². The summed E-state index contributed by atoms with van der Waals surface area (Å²) < 4.78 is 5.65. The summed E-state index contributed by atoms with van der Waals surface area (Å²) >= 11 is 0. The third-order valence-corrected chi connectivity index (χ3v) is 4.17. The highest BCUT2D eigenvalue weighted by atomic mass is 16.3. The molecule has 2 N–H and O–H groups in total. The highest BCUT2D eigenvalue weighted by molar-refractivity contribution is 5.08. The van der Waals surface area contributed by atoms with E-state index in [2.05, 4.69) is 36.8 Å². The highest BCUT2D eigenvalue weighted by Gasteiger charge is 2.32. The third-order valence-electron chi connectivity index (χ3n) is 4.17. The van der Waals surface area contributed by atoms with Crippen LogP contribution in [0.4, 0.5) is 0 Å². The van der Waals surface area contributed by atoms with Crippen molar-refractivity contribution in [3.05, 3.63) is 24.2 Å². The van der Waals surface area contributed by atoms with Gasteiger partial charge in [0, 0.05) is 25.2 Å². The maximum atomic E-state index is 6.37. The van der Waals surface area contributed by atoms with Gasteiger partial charge in [-0.2, -0.15) is 0 Å². The van der Waals surface area contributed by atoms with Crippen LogP contribution in [0, 0.1) is 0 Å². The van der Waals surface area contributed by atoms with E-state index in [1.54, 1.807) is 6.26 Å². The van der Waals surface area contributed by atoms with Gasteiger partial charge in [-0.05, 0) is 45.5 Å². The molecule has 1 aliphatic heterocycles. The van der Waals surface area contributed by atoms with E-state index in [0.29, 0.717) is 6.04 Å². The van der Waals surface area contributed by atoms with Gasteiger partial charge in [-0.15, -0.1) is 0 Å². The lowest BCUT2D eigenvalue weighted by Crippen LogP contribution is -2.46. The molecule has 3 unspecified atom stereocenters. The van der Waals surface area contributed by atoms with Gasteiger partial charge in [0.1, 0.15) is 5.76 Å². The standard InChI is InChI=1S/C15H27N3O/c1-4-13(16)15(14-7-5-10-19-14)18-9-6-8-17(3)11-12(18)2/h5,7,10,12-13,15H,4,6,8-9,11,16H2,1-3H3. The van der Waals surface area contributed by atoms with Crippen molar-refractivity contribution in [1.29, 1.82) is 0 Å². The Balaban J connectivity index is 2.22. The Labute approximate surface area is 116 Å². The molecule has 2 rings (SSSR count). The minimum atomic E-state index is 0.122. The molecule has 1 aromatic rings. The largest absolute Gasteiger partial charge is 0.468 e. The van der Waals surface area contributed by atoms with E-state index in [-0.39, 0.29) is 12.1 Å². The minimum absolute atomic E-state index is 0.122. The molecule has 1 saturated heterocycles. The number of furan rings is 1. The van der Waals surface area contributed by atoms with E-state index >= 15 is 0 Å². The molecule has 0 aromatic carbocycles. The second kappa shape index (κ2) is 6.55. The molecule has 108 valence electrons. The van der Waals surface area contributed by atoms with Crippen molar-refractivity contribution in [1.82, 2.24) is 9.80 Å². The molecule has 2 heterocycles. The summed E-state index contributed by atoms with van der Waals surface area (Å²) in [5.41, 5.74) is 6.37. The zero-order valence-corrected chi connectivity index (χ0v) is 12.4. The molecule has 3 atom stereocenters. The van der Waals surface area contributed by atoms with Gasteiger partial charge in [-0.25, -0.2) is 0 Å². The monoisotopic (exact) mass is 265 g/mol. The first kappa shape index (κ1) is 14.6. The molecule has 0 aliphatic carbocycles. The summed E-state index contributed by atoms with van der Waals surface area (Å²) in [5.74, 6) is 1.01. The fourth-order valence-electron chi connectivity index (χ4n) is 3.11. The van der Waals surface area contributed by atoms with Gasteiger partial charge in [-0.1, -0.05) is 6.92 Å². The van der Waals surface area contributed by atoms with Crippen LogP contribution < -0.4 is 5.73 Å². The summed E-state index contributed by atoms with van der Waals surface area (Å²) in [4.78, 5) is 4.93. The lowest BCUT2D eigenvalue weighted by Gasteiger charge is -2.37. The molecule has 0 radical (unpaired) electrons. The molecule has 1 aromatic heterocycles. The Morgan fingerprint density at radius 3 is 2.89 bits per heavy atom. The van der Waals surface area contributed by atoms with E-state index in [9.17, 15) is 0 Å². The molecule has 0 amide bonds. The van der Waals surface area contributed by atoms with E-state index in [0.717, 1.165) is 31.8 Å². The van der Waals surface area contributed by atoms with E-state index in [1.165, 1.54) is 6.42 Å². The first-order valence-corrected chi connectivity index (χ1v) is 7.36. The first-order chi connectivity index (χ1) is 9.13. The van der Waals surface area contributed by atoms with Crippen LogP contribution in [-0.2, 0) is 0 Å². The smallest absolute Gasteiger partial charge is 0.122 e. The van der Waals surface area contributed by atoms with Crippen LogP contribution in [0.25, 0.3) is 0 Å². The van der Waals surface area contributed by atoms with Crippen LogP contribution in [-0.4, -0.2) is 48.6 Å². The second-order valence-corrected chi connectivity index (χ2v) is 5.74. The van der Waals surface area contributed by atoms with E-state index in [1.807, 2.05) is 6.07 Å². The van der Waals surface area contributed by atoms with Crippen molar-refractivity contribution >= 4 is 0 Å². The van der Waals surface area contributed by atoms with Gasteiger partial charge < -0.3 is 15.1 Å². The van der Waals surface area contributed by atoms with E-state index < -0.39 is 0 Å². The van der Waals surface area contributed by atoms with Crippen LogP contribution in [0.5, 0.6) is 0 Å². The number of rotatable bonds is 4. The van der Waals surface area contributed by atoms with Crippen LogP contribution in [0.2, 0.25) is 0 Å². The van der Waals surface area contributed by atoms with Crippen LogP contribution in [0.3, 0.4) is 0 Å². The van der Waals surface area contributed by atoms with Crippen LogP contribution >= 0.6 is 0 Å². The van der Waals surface area contributed by atoms with Gasteiger partial charge in [0.05, 0.1) is 12.3 Å². The molecule has 0 bridgehead atoms. The SMILES string of the molecule is CCC(N)C(c1ccco1)N1CCCN(C)CC1C. The number of nitrogens with two attached hydrogens (primary N) is 1. The molecule has 0 spiro atoms. The fourth-order valence-corrected chi connectivity index (χ4v) is 3.11. The van der Waals surface area contributed by atoms with E-state index in [4.69, 9.17) is 10.2 Å². The summed E-state index contributed by atoms with van der Waals surface area (Å²) in [6.07, 6.45) is 3.90. The predicted molar refractivity (Wildman–Crippen MR) is 78.0 cm³/mol. The number of hydrogen-bond acceptors (Lipinski definition) is 4. The molecule has 1 aliphatic rings. The lowest BCUT2D eigenvalue weighted by atomic mass is 10.00. The molecular formula is C15H27N3O. The Bertz CT molecular complexity index is 365. The maximum absolute atomic E-state index is 6.37. The molecule has 0 saturated carbocycles. The van der Waals surface area contributed by atoms with Gasteiger partial charge in [-0.3, -0.25) is 4.90 Å². The van der Waals surface area contributed by atoms with Gasteiger partial charge in [0.25, 0.3) is 0 Å². The maximum Gasteiger partial charge on any atom is 0.122 e. The number of hydrogen-bond donors (Lipinski definition) is 1. The Morgan fingerprint density at radius 1 is 1.47 bits per heavy atom. The molecule has 4 nitrogen and oxygen atoms in total. The van der Waals surface area contributed by atoms with Gasteiger partial charge in [0.15, 0.2) is 0 Å². The zero-order valence-electron chi connectivity index (χ0n) is 12.4. The Hall–Kier alpha value is -0.840. The molecule has 1 fully saturated rings. The minimum Gasteiger partial charge on any atom is -0.468 e. The summed E-state index contributed by atoms with van der Waals surface area (Å²) in [6, 6.07) is 4.83. The number of nitrogens with zero attached hydrogens (tertiary/aromatic N) is 2. The van der Waals surface area contributed by atoms with Crippen molar-refractivity contribution in [2.75, 3.05) is 26.7 Å². The van der Waals surface area contributed by atoms with Crippen molar-refractivity contribution in [2.45, 2.75) is 44.8 Å². The topological polar surface area (TPSA) is 45.6 Å². The molecule has 19 heavy (non-hydrogen) atoms. The van der Waals surface area contributed by atoms with Crippen molar-refractivity contribution in [3.63, 3.8) is 0 Å². The van der Waals surface area contributed by atoms with Gasteiger partial charge in [0.2, 0.25) is 0 Å². The average molecular weight is 265 g/mol. The molecular weight excluding hydrogens is 238 g/mol. The van der Waals surface area contributed by atoms with Crippen molar-refractivity contribution < 1.29 is 4.42 Å². The Morgan fingerprint density at radius 2 is 2.26 bits per heavy atom. The zero-order chi connectivity index (χ0) is 13.8. The second-order valence-electron chi connectivity index (χ2n) is 5.74. The molecule has 4 heteroatoms. The Kier molecular flexibility index (Phi) is 5.02. The predicted octanol–water partition coefficient (Wildman–Crippen LogP) is 2.08. The summed E-state index contributed by atoms with van der Waals surface area (Å²) in [5, 5.41) is 0. The average Bonchev–Trinajstić information content (AvgIpc) is 2.84. The fraction of sp³-hybridized carbons (Fsp3) is 0.733. The van der Waals surface area contributed by atoms with Crippen LogP contribution in [0.1, 0.15) is 38.5 Å². The normalized spacial score (nSPS) is 26.0. The van der Waals surface area contributed by atoms with Crippen LogP contribution in [0.15, 0.2) is 22.8 Å². The summed E-state index contributed by atoms with van der Waals surface area (Å²) in [7, 11) is 2.20. The first-order valence-electron chi connectivity index (χ1n) is 7.36. The lowest BCUT2D eigenvalue weighted by molar-refractivity contribution is 0.106. The quantitative estimate of drug-likeness (QED) is 0.905. The van der Waals surface area contributed by atoms with Crippen molar-refractivity contribution in [3.8, 4) is 0 Å². The summed E-state index contributed by atoms with van der Waals surface area (Å²) in [6.45, 7) is 7.78.